The molecule has 0 bridgehead atoms. The van der Waals surface area contributed by atoms with Gasteiger partial charge < -0.3 is 10.6 Å². The third-order valence-corrected chi connectivity index (χ3v) is 4.62. The van der Waals surface area contributed by atoms with Crippen molar-refractivity contribution in [3.63, 3.8) is 0 Å². The number of nitrogens with zero attached hydrogens (tertiary/aromatic N) is 2. The molecule has 0 radical (unpaired) electrons. The Morgan fingerprint density at radius 1 is 1.44 bits per heavy atom. The first kappa shape index (κ1) is 17.4. The van der Waals surface area contributed by atoms with E-state index in [1.54, 1.807) is 25.1 Å². The number of carbonyl (C=O) groups excluding carboxylic acids is 2. The Hall–Kier alpha value is -2.47. The van der Waals surface area contributed by atoms with Crippen LogP contribution in [-0.4, -0.2) is 28.2 Å². The zero-order valence-corrected chi connectivity index (χ0v) is 14.4. The molecule has 0 fully saturated rings. The second-order valence-corrected chi connectivity index (χ2v) is 6.51. The number of primary amides is 1. The van der Waals surface area contributed by atoms with E-state index >= 15 is 0 Å². The second-order valence-electron chi connectivity index (χ2n) is 6.08. The van der Waals surface area contributed by atoms with Gasteiger partial charge in [0.05, 0.1) is 6.04 Å². The van der Waals surface area contributed by atoms with Crippen LogP contribution in [-0.2, 0) is 11.2 Å². The van der Waals surface area contributed by atoms with E-state index in [2.05, 4.69) is 4.98 Å². The summed E-state index contributed by atoms with van der Waals surface area (Å²) in [6.07, 6.45) is 2.48. The molecule has 3 rings (SSSR count). The maximum absolute atomic E-state index is 14.1. The van der Waals surface area contributed by atoms with E-state index < -0.39 is 23.7 Å². The maximum atomic E-state index is 14.1. The number of aryl methyl sites for hydroxylation is 1. The van der Waals surface area contributed by atoms with Gasteiger partial charge in [0.2, 0.25) is 5.91 Å². The highest BCUT2D eigenvalue weighted by atomic mass is 35.5. The normalized spacial score (nSPS) is 15.7. The van der Waals surface area contributed by atoms with Crippen LogP contribution in [0.3, 0.4) is 0 Å². The third kappa shape index (κ3) is 3.35. The first-order chi connectivity index (χ1) is 11.9. The van der Waals surface area contributed by atoms with Gasteiger partial charge in [-0.15, -0.1) is 0 Å². The van der Waals surface area contributed by atoms with E-state index in [0.717, 1.165) is 0 Å². The lowest BCUT2D eigenvalue weighted by molar-refractivity contribution is -0.119. The standard InChI is InChI=1S/C18H17ClFN3O2/c1-10-3-2-6-22-17(10)18(25)23(9-16(21)24)15-5-4-12-13(15)7-11(19)8-14(12)20/h2-3,6-8,15H,4-5,9H2,1H3,(H2,21,24)/t15-/m1/s1. The van der Waals surface area contributed by atoms with Gasteiger partial charge in [0.1, 0.15) is 18.1 Å². The van der Waals surface area contributed by atoms with Gasteiger partial charge in [0, 0.05) is 11.2 Å². The summed E-state index contributed by atoms with van der Waals surface area (Å²) in [7, 11) is 0. The number of amides is 2. The summed E-state index contributed by atoms with van der Waals surface area (Å²) in [4.78, 5) is 30.0. The Morgan fingerprint density at radius 2 is 2.20 bits per heavy atom. The predicted molar refractivity (Wildman–Crippen MR) is 91.7 cm³/mol. The topological polar surface area (TPSA) is 76.3 Å². The molecule has 1 atom stereocenters. The zero-order valence-electron chi connectivity index (χ0n) is 13.6. The molecule has 0 saturated carbocycles. The van der Waals surface area contributed by atoms with Gasteiger partial charge in [0.15, 0.2) is 0 Å². The lowest BCUT2D eigenvalue weighted by Gasteiger charge is -2.29. The molecule has 1 aliphatic carbocycles. The molecule has 0 unspecified atom stereocenters. The van der Waals surface area contributed by atoms with Crippen LogP contribution in [0.15, 0.2) is 30.5 Å². The Balaban J connectivity index is 2.03. The minimum absolute atomic E-state index is 0.250. The van der Waals surface area contributed by atoms with E-state index in [9.17, 15) is 14.0 Å². The Morgan fingerprint density at radius 3 is 2.88 bits per heavy atom. The van der Waals surface area contributed by atoms with Crippen LogP contribution < -0.4 is 5.73 Å². The van der Waals surface area contributed by atoms with Crippen LogP contribution >= 0.6 is 11.6 Å². The molecule has 0 spiro atoms. The van der Waals surface area contributed by atoms with Crippen molar-refractivity contribution in [3.05, 3.63) is 63.7 Å². The highest BCUT2D eigenvalue weighted by molar-refractivity contribution is 6.30. The maximum Gasteiger partial charge on any atom is 0.273 e. The Labute approximate surface area is 149 Å². The number of carbonyl (C=O) groups is 2. The van der Waals surface area contributed by atoms with Crippen LogP contribution in [0.4, 0.5) is 4.39 Å². The molecule has 0 saturated heterocycles. The molecule has 1 heterocycles. The largest absolute Gasteiger partial charge is 0.368 e. The summed E-state index contributed by atoms with van der Waals surface area (Å²) in [5, 5.41) is 0.253. The van der Waals surface area contributed by atoms with Crippen LogP contribution in [0.5, 0.6) is 0 Å². The van der Waals surface area contributed by atoms with Gasteiger partial charge in [-0.25, -0.2) is 4.39 Å². The second kappa shape index (κ2) is 6.80. The average Bonchev–Trinajstić information content (AvgIpc) is 2.96. The van der Waals surface area contributed by atoms with Crippen molar-refractivity contribution in [2.45, 2.75) is 25.8 Å². The molecule has 2 amide bonds. The summed E-state index contributed by atoms with van der Waals surface area (Å²) in [6.45, 7) is 1.49. The number of nitrogens with two attached hydrogens (primary N) is 1. The fraction of sp³-hybridized carbons (Fsp3) is 0.278. The minimum Gasteiger partial charge on any atom is -0.368 e. The molecule has 5 nitrogen and oxygen atoms in total. The van der Waals surface area contributed by atoms with E-state index in [1.807, 2.05) is 0 Å². The first-order valence-electron chi connectivity index (χ1n) is 7.87. The fourth-order valence-electron chi connectivity index (χ4n) is 3.28. The molecule has 7 heteroatoms. The van der Waals surface area contributed by atoms with Crippen molar-refractivity contribution in [3.8, 4) is 0 Å². The average molecular weight is 362 g/mol. The third-order valence-electron chi connectivity index (χ3n) is 4.40. The van der Waals surface area contributed by atoms with Crippen molar-refractivity contribution < 1.29 is 14.0 Å². The lowest BCUT2D eigenvalue weighted by atomic mass is 10.0. The zero-order chi connectivity index (χ0) is 18.1. The monoisotopic (exact) mass is 361 g/mol. The van der Waals surface area contributed by atoms with Crippen molar-refractivity contribution in [2.75, 3.05) is 6.54 Å². The molecular formula is C18H17ClFN3O2. The summed E-state index contributed by atoms with van der Waals surface area (Å²) < 4.78 is 14.1. The molecule has 1 aromatic carbocycles. The first-order valence-corrected chi connectivity index (χ1v) is 8.25. The highest BCUT2D eigenvalue weighted by Crippen LogP contribution is 2.39. The van der Waals surface area contributed by atoms with Crippen molar-refractivity contribution in [1.82, 2.24) is 9.88 Å². The SMILES string of the molecule is Cc1cccnc1C(=O)N(CC(N)=O)[C@@H]1CCc2c(F)cc(Cl)cc21. The lowest BCUT2D eigenvalue weighted by Crippen LogP contribution is -2.41. The fourth-order valence-corrected chi connectivity index (χ4v) is 3.50. The van der Waals surface area contributed by atoms with Gasteiger partial charge in [-0.05, 0) is 54.7 Å². The van der Waals surface area contributed by atoms with Crippen molar-refractivity contribution in [2.24, 2.45) is 5.73 Å². The van der Waals surface area contributed by atoms with E-state index in [4.69, 9.17) is 17.3 Å². The number of benzene rings is 1. The Bertz CT molecular complexity index is 856. The number of hydrogen-bond donors (Lipinski definition) is 1. The Kier molecular flexibility index (Phi) is 4.72. The van der Waals surface area contributed by atoms with Gasteiger partial charge in [0.25, 0.3) is 5.91 Å². The molecule has 0 aliphatic heterocycles. The molecule has 2 N–H and O–H groups in total. The van der Waals surface area contributed by atoms with Crippen molar-refractivity contribution in [1.29, 1.82) is 0 Å². The number of hydrogen-bond acceptors (Lipinski definition) is 3. The summed E-state index contributed by atoms with van der Waals surface area (Å²) in [5.74, 6) is -1.45. The summed E-state index contributed by atoms with van der Waals surface area (Å²) in [5.41, 5.74) is 7.42. The number of aromatic nitrogens is 1. The van der Waals surface area contributed by atoms with Crippen LogP contribution in [0, 0.1) is 12.7 Å². The molecular weight excluding hydrogens is 345 g/mol. The van der Waals surface area contributed by atoms with Gasteiger partial charge in [-0.2, -0.15) is 0 Å². The minimum atomic E-state index is -0.641. The molecule has 1 aliphatic rings. The predicted octanol–water partition coefficient (Wildman–Crippen LogP) is 2.80. The highest BCUT2D eigenvalue weighted by Gasteiger charge is 2.35. The van der Waals surface area contributed by atoms with Crippen LogP contribution in [0.2, 0.25) is 5.02 Å². The van der Waals surface area contributed by atoms with E-state index in [-0.39, 0.29) is 17.3 Å². The number of halogens is 2. The van der Waals surface area contributed by atoms with Crippen molar-refractivity contribution >= 4 is 23.4 Å². The van der Waals surface area contributed by atoms with E-state index in [0.29, 0.717) is 29.5 Å². The molecule has 130 valence electrons. The number of fused-ring (bicyclic) bond motifs is 1. The number of rotatable bonds is 4. The van der Waals surface area contributed by atoms with E-state index in [1.165, 1.54) is 17.2 Å². The van der Waals surface area contributed by atoms with Crippen LogP contribution in [0.25, 0.3) is 0 Å². The van der Waals surface area contributed by atoms with Gasteiger partial charge in [-0.3, -0.25) is 14.6 Å². The smallest absolute Gasteiger partial charge is 0.273 e. The van der Waals surface area contributed by atoms with Crippen LogP contribution in [0.1, 0.15) is 39.6 Å². The molecule has 1 aromatic heterocycles. The molecule has 25 heavy (non-hydrogen) atoms. The summed E-state index contributed by atoms with van der Waals surface area (Å²) >= 11 is 5.98. The van der Waals surface area contributed by atoms with Gasteiger partial charge in [-0.1, -0.05) is 17.7 Å². The number of pyridine rings is 1. The molecule has 2 aromatic rings. The quantitative estimate of drug-likeness (QED) is 0.909. The summed E-state index contributed by atoms with van der Waals surface area (Å²) in [6, 6.07) is 5.92. The van der Waals surface area contributed by atoms with Gasteiger partial charge >= 0.3 is 0 Å².